The molecule has 0 atom stereocenters. The predicted molar refractivity (Wildman–Crippen MR) is 59.9 cm³/mol. The van der Waals surface area contributed by atoms with Crippen LogP contribution in [0.3, 0.4) is 0 Å². The number of hydrogen-bond acceptors (Lipinski definition) is 5. The lowest BCUT2D eigenvalue weighted by molar-refractivity contribution is 0.101. The molecule has 0 aliphatic carbocycles. The molecule has 1 saturated heterocycles. The van der Waals surface area contributed by atoms with Gasteiger partial charge >= 0.3 is 0 Å². The monoisotopic (exact) mass is 226 g/mol. The number of aromatic nitrogens is 1. The number of carbonyl (C=O) groups excluding carboxylic acids is 1. The third-order valence-electron chi connectivity index (χ3n) is 2.40. The number of rotatable bonds is 2. The Bertz CT molecular complexity index is 369. The molecule has 1 aromatic heterocycles. The van der Waals surface area contributed by atoms with Crippen LogP contribution in [0.4, 0.5) is 5.13 Å². The number of aryl methyl sites for hydroxylation is 1. The average molecular weight is 226 g/mol. The molecule has 1 fully saturated rings. The molecule has 4 nitrogen and oxygen atoms in total. The first-order valence-electron chi connectivity index (χ1n) is 4.99. The second-order valence-corrected chi connectivity index (χ2v) is 4.74. The van der Waals surface area contributed by atoms with E-state index in [1.807, 2.05) is 6.92 Å². The summed E-state index contributed by atoms with van der Waals surface area (Å²) < 4.78 is 5.27. The second-order valence-electron chi connectivity index (χ2n) is 3.56. The molecular formula is C10H14N2O2S. The molecule has 0 radical (unpaired) electrons. The number of ether oxygens (including phenoxy) is 1. The van der Waals surface area contributed by atoms with Crippen molar-refractivity contribution in [3.63, 3.8) is 0 Å². The van der Waals surface area contributed by atoms with Gasteiger partial charge in [0.05, 0.1) is 13.2 Å². The van der Waals surface area contributed by atoms with Crippen molar-refractivity contribution in [1.29, 1.82) is 0 Å². The van der Waals surface area contributed by atoms with Crippen molar-refractivity contribution in [2.75, 3.05) is 31.2 Å². The summed E-state index contributed by atoms with van der Waals surface area (Å²) in [6.07, 6.45) is 0. The number of ketones is 1. The van der Waals surface area contributed by atoms with Gasteiger partial charge in [0.15, 0.2) is 10.9 Å². The zero-order valence-corrected chi connectivity index (χ0v) is 9.76. The third-order valence-corrected chi connectivity index (χ3v) is 3.43. The molecule has 1 aliphatic rings. The van der Waals surface area contributed by atoms with Crippen molar-refractivity contribution in [1.82, 2.24) is 4.98 Å². The number of hydrogen-bond donors (Lipinski definition) is 0. The number of morpholine rings is 1. The number of Topliss-reactive ketones (excluding diaryl/α,β-unsaturated/α-hetero) is 1. The van der Waals surface area contributed by atoms with Crippen LogP contribution in [0.2, 0.25) is 0 Å². The lowest BCUT2D eigenvalue weighted by Gasteiger charge is -2.25. The molecule has 0 amide bonds. The average Bonchev–Trinajstić information content (AvgIpc) is 2.62. The van der Waals surface area contributed by atoms with Crippen LogP contribution in [0.15, 0.2) is 0 Å². The molecule has 0 N–H and O–H groups in total. The summed E-state index contributed by atoms with van der Waals surface area (Å²) in [6, 6.07) is 0. The highest BCUT2D eigenvalue weighted by molar-refractivity contribution is 7.15. The minimum atomic E-state index is 0.0447. The fraction of sp³-hybridized carbons (Fsp3) is 0.600. The van der Waals surface area contributed by atoms with Gasteiger partial charge in [-0.05, 0) is 6.92 Å². The largest absolute Gasteiger partial charge is 0.378 e. The Kier molecular flexibility index (Phi) is 3.02. The fourth-order valence-corrected chi connectivity index (χ4v) is 2.61. The summed E-state index contributed by atoms with van der Waals surface area (Å²) in [7, 11) is 0. The Morgan fingerprint density at radius 2 is 2.13 bits per heavy atom. The number of carbonyl (C=O) groups is 1. The highest BCUT2D eigenvalue weighted by Gasteiger charge is 2.18. The first-order chi connectivity index (χ1) is 7.18. The Labute approximate surface area is 92.9 Å². The summed E-state index contributed by atoms with van der Waals surface area (Å²) >= 11 is 1.59. The van der Waals surface area contributed by atoms with E-state index < -0.39 is 0 Å². The topological polar surface area (TPSA) is 42.4 Å². The van der Waals surface area contributed by atoms with Gasteiger partial charge in [-0.1, -0.05) is 0 Å². The van der Waals surface area contributed by atoms with Gasteiger partial charge in [-0.25, -0.2) is 4.98 Å². The summed E-state index contributed by atoms with van der Waals surface area (Å²) in [4.78, 5) is 18.8. The van der Waals surface area contributed by atoms with Gasteiger partial charge in [0.1, 0.15) is 5.69 Å². The quantitative estimate of drug-likeness (QED) is 0.717. The molecule has 0 aromatic carbocycles. The number of nitrogens with zero attached hydrogens (tertiary/aromatic N) is 2. The van der Waals surface area contributed by atoms with Gasteiger partial charge in [0.25, 0.3) is 0 Å². The minimum Gasteiger partial charge on any atom is -0.378 e. The predicted octanol–water partition coefficient (Wildman–Crippen LogP) is 1.49. The maximum atomic E-state index is 11.3. The molecular weight excluding hydrogens is 212 g/mol. The molecule has 1 aliphatic heterocycles. The van der Waals surface area contributed by atoms with E-state index in [1.54, 1.807) is 18.3 Å². The van der Waals surface area contributed by atoms with Crippen molar-refractivity contribution in [3.05, 3.63) is 10.6 Å². The highest BCUT2D eigenvalue weighted by atomic mass is 32.1. The minimum absolute atomic E-state index is 0.0447. The zero-order chi connectivity index (χ0) is 10.8. The Morgan fingerprint density at radius 3 is 2.67 bits per heavy atom. The highest BCUT2D eigenvalue weighted by Crippen LogP contribution is 2.26. The van der Waals surface area contributed by atoms with Crippen molar-refractivity contribution in [2.24, 2.45) is 0 Å². The van der Waals surface area contributed by atoms with Crippen LogP contribution in [0, 0.1) is 6.92 Å². The van der Waals surface area contributed by atoms with E-state index in [0.29, 0.717) is 5.69 Å². The van der Waals surface area contributed by atoms with Crippen LogP contribution in [0.1, 0.15) is 22.3 Å². The summed E-state index contributed by atoms with van der Waals surface area (Å²) in [6.45, 7) is 6.72. The van der Waals surface area contributed by atoms with E-state index in [4.69, 9.17) is 4.74 Å². The number of thiazole rings is 1. The molecule has 1 aromatic rings. The molecule has 15 heavy (non-hydrogen) atoms. The van der Waals surface area contributed by atoms with Crippen molar-refractivity contribution < 1.29 is 9.53 Å². The molecule has 82 valence electrons. The first kappa shape index (κ1) is 10.6. The SMILES string of the molecule is CC(=O)c1nc(N2CCOCC2)sc1C. The van der Waals surface area contributed by atoms with Gasteiger partial charge < -0.3 is 9.64 Å². The summed E-state index contributed by atoms with van der Waals surface area (Å²) in [5.74, 6) is 0.0447. The van der Waals surface area contributed by atoms with E-state index in [-0.39, 0.29) is 5.78 Å². The lowest BCUT2D eigenvalue weighted by atomic mass is 10.3. The van der Waals surface area contributed by atoms with E-state index in [2.05, 4.69) is 9.88 Å². The normalized spacial score (nSPS) is 16.8. The molecule has 0 spiro atoms. The lowest BCUT2D eigenvalue weighted by Crippen LogP contribution is -2.36. The van der Waals surface area contributed by atoms with Crippen LogP contribution in [0.5, 0.6) is 0 Å². The van der Waals surface area contributed by atoms with E-state index >= 15 is 0 Å². The van der Waals surface area contributed by atoms with Gasteiger partial charge in [-0.3, -0.25) is 4.79 Å². The van der Waals surface area contributed by atoms with Crippen LogP contribution in [-0.4, -0.2) is 37.1 Å². The van der Waals surface area contributed by atoms with E-state index in [9.17, 15) is 4.79 Å². The fourth-order valence-electron chi connectivity index (χ4n) is 1.60. The van der Waals surface area contributed by atoms with Crippen LogP contribution < -0.4 is 4.90 Å². The first-order valence-corrected chi connectivity index (χ1v) is 5.81. The summed E-state index contributed by atoms with van der Waals surface area (Å²) in [5, 5.41) is 0.945. The standard InChI is InChI=1S/C10H14N2O2S/c1-7(13)9-8(2)15-10(11-9)12-3-5-14-6-4-12/h3-6H2,1-2H3. The van der Waals surface area contributed by atoms with Crippen LogP contribution >= 0.6 is 11.3 Å². The third kappa shape index (κ3) is 2.18. The molecule has 2 rings (SSSR count). The summed E-state index contributed by atoms with van der Waals surface area (Å²) in [5.41, 5.74) is 0.612. The van der Waals surface area contributed by atoms with Crippen molar-refractivity contribution >= 4 is 22.3 Å². The van der Waals surface area contributed by atoms with Gasteiger partial charge in [-0.2, -0.15) is 0 Å². The van der Waals surface area contributed by atoms with Gasteiger partial charge in [0.2, 0.25) is 0 Å². The smallest absolute Gasteiger partial charge is 0.186 e. The van der Waals surface area contributed by atoms with Crippen LogP contribution in [-0.2, 0) is 4.74 Å². The van der Waals surface area contributed by atoms with Gasteiger partial charge in [0, 0.05) is 24.9 Å². The Morgan fingerprint density at radius 1 is 1.47 bits per heavy atom. The van der Waals surface area contributed by atoms with E-state index in [1.165, 1.54) is 0 Å². The second kappa shape index (κ2) is 4.28. The van der Waals surface area contributed by atoms with E-state index in [0.717, 1.165) is 36.3 Å². The maximum absolute atomic E-state index is 11.3. The van der Waals surface area contributed by atoms with Crippen LogP contribution in [0.25, 0.3) is 0 Å². The molecule has 0 saturated carbocycles. The Hall–Kier alpha value is -0.940. The zero-order valence-electron chi connectivity index (χ0n) is 8.95. The molecule has 0 unspecified atom stereocenters. The molecule has 0 bridgehead atoms. The molecule has 2 heterocycles. The Balaban J connectivity index is 2.21. The molecule has 5 heteroatoms. The van der Waals surface area contributed by atoms with Crippen molar-refractivity contribution in [2.45, 2.75) is 13.8 Å². The van der Waals surface area contributed by atoms with Gasteiger partial charge in [-0.15, -0.1) is 11.3 Å². The van der Waals surface area contributed by atoms with Crippen molar-refractivity contribution in [3.8, 4) is 0 Å². The maximum Gasteiger partial charge on any atom is 0.186 e. The number of anilines is 1.